The van der Waals surface area contributed by atoms with E-state index in [1.165, 1.54) is 23.1 Å². The Kier molecular flexibility index (Phi) is 1.94. The molecule has 1 aromatic rings. The summed E-state index contributed by atoms with van der Waals surface area (Å²) < 4.78 is 18.3. The fraction of sp³-hybridized carbons (Fsp3) is 0.231. The summed E-state index contributed by atoms with van der Waals surface area (Å²) in [5, 5.41) is 0. The Morgan fingerprint density at radius 3 is 2.78 bits per heavy atom. The molecule has 2 aliphatic heterocycles. The van der Waals surface area contributed by atoms with Crippen molar-refractivity contribution in [2.45, 2.75) is 5.41 Å². The first-order valence-corrected chi connectivity index (χ1v) is 5.43. The van der Waals surface area contributed by atoms with Crippen LogP contribution in [0, 0.1) is 5.82 Å². The van der Waals surface area contributed by atoms with Crippen LogP contribution in [0.25, 0.3) is 0 Å². The standard InChI is InChI=1S/C13H10FNO3/c1-7-11(16)18-6-13(7)9-5-8(14)3-4-10(9)15(2)12(13)17/h3-5H,1,6H2,2H3/t13-/m1/s1. The van der Waals surface area contributed by atoms with E-state index in [2.05, 4.69) is 6.58 Å². The largest absolute Gasteiger partial charge is 0.460 e. The smallest absolute Gasteiger partial charge is 0.335 e. The fourth-order valence-corrected chi connectivity index (χ4v) is 2.61. The van der Waals surface area contributed by atoms with Gasteiger partial charge in [-0.15, -0.1) is 0 Å². The van der Waals surface area contributed by atoms with Gasteiger partial charge in [0.1, 0.15) is 17.8 Å². The zero-order valence-electron chi connectivity index (χ0n) is 9.70. The van der Waals surface area contributed by atoms with Gasteiger partial charge in [-0.05, 0) is 18.2 Å². The van der Waals surface area contributed by atoms with Gasteiger partial charge < -0.3 is 9.64 Å². The molecule has 1 saturated heterocycles. The number of ether oxygens (including phenoxy) is 1. The molecule has 3 rings (SSSR count). The topological polar surface area (TPSA) is 46.6 Å². The van der Waals surface area contributed by atoms with E-state index in [4.69, 9.17) is 4.74 Å². The van der Waals surface area contributed by atoms with Gasteiger partial charge in [0.15, 0.2) is 0 Å². The Morgan fingerprint density at radius 2 is 2.17 bits per heavy atom. The molecule has 0 bridgehead atoms. The number of amides is 1. The zero-order valence-corrected chi connectivity index (χ0v) is 9.70. The van der Waals surface area contributed by atoms with Crippen LogP contribution in [0.15, 0.2) is 30.4 Å². The number of hydrogen-bond donors (Lipinski definition) is 0. The first-order valence-electron chi connectivity index (χ1n) is 5.43. The SMILES string of the molecule is C=C1C(=O)OC[C@@]12C(=O)N(C)c1ccc(F)cc12. The molecule has 92 valence electrons. The monoisotopic (exact) mass is 247 g/mol. The molecule has 1 spiro atoms. The van der Waals surface area contributed by atoms with E-state index in [1.54, 1.807) is 7.05 Å². The molecule has 0 aliphatic carbocycles. The van der Waals surface area contributed by atoms with Crippen LogP contribution >= 0.6 is 0 Å². The lowest BCUT2D eigenvalue weighted by Gasteiger charge is -2.19. The van der Waals surface area contributed by atoms with Gasteiger partial charge in [-0.3, -0.25) is 4.79 Å². The summed E-state index contributed by atoms with van der Waals surface area (Å²) in [5.74, 6) is -1.36. The fourth-order valence-electron chi connectivity index (χ4n) is 2.61. The van der Waals surface area contributed by atoms with E-state index in [-0.39, 0.29) is 18.1 Å². The van der Waals surface area contributed by atoms with Crippen LogP contribution in [0.2, 0.25) is 0 Å². The molecule has 2 heterocycles. The number of carbonyl (C=O) groups is 2. The van der Waals surface area contributed by atoms with E-state index in [0.29, 0.717) is 11.3 Å². The second kappa shape index (κ2) is 3.19. The van der Waals surface area contributed by atoms with Crippen molar-refractivity contribution < 1.29 is 18.7 Å². The molecule has 0 radical (unpaired) electrons. The second-order valence-corrected chi connectivity index (χ2v) is 4.49. The van der Waals surface area contributed by atoms with Gasteiger partial charge in [0, 0.05) is 18.3 Å². The average Bonchev–Trinajstić information content (AvgIpc) is 2.75. The van der Waals surface area contributed by atoms with Crippen LogP contribution in [-0.2, 0) is 19.7 Å². The predicted octanol–water partition coefficient (Wildman–Crippen LogP) is 1.15. The number of cyclic esters (lactones) is 1. The van der Waals surface area contributed by atoms with Gasteiger partial charge in [-0.25, -0.2) is 9.18 Å². The van der Waals surface area contributed by atoms with Crippen LogP contribution in [0.5, 0.6) is 0 Å². The van der Waals surface area contributed by atoms with E-state index >= 15 is 0 Å². The highest BCUT2D eigenvalue weighted by atomic mass is 19.1. The highest BCUT2D eigenvalue weighted by Crippen LogP contribution is 2.48. The van der Waals surface area contributed by atoms with Crippen molar-refractivity contribution in [1.29, 1.82) is 0 Å². The van der Waals surface area contributed by atoms with Crippen molar-refractivity contribution in [1.82, 2.24) is 0 Å². The highest BCUT2D eigenvalue weighted by Gasteiger charge is 2.58. The molecule has 0 aromatic heterocycles. The van der Waals surface area contributed by atoms with Crippen LogP contribution in [0.4, 0.5) is 10.1 Å². The van der Waals surface area contributed by atoms with Crippen molar-refractivity contribution >= 4 is 17.6 Å². The Balaban J connectivity index is 2.30. The molecule has 1 amide bonds. The predicted molar refractivity (Wildman–Crippen MR) is 61.6 cm³/mol. The van der Waals surface area contributed by atoms with Gasteiger partial charge in [-0.2, -0.15) is 0 Å². The van der Waals surface area contributed by atoms with Crippen LogP contribution < -0.4 is 4.90 Å². The molecule has 0 N–H and O–H groups in total. The van der Waals surface area contributed by atoms with Gasteiger partial charge in [-0.1, -0.05) is 6.58 Å². The van der Waals surface area contributed by atoms with Crippen LogP contribution in [-0.4, -0.2) is 25.5 Å². The lowest BCUT2D eigenvalue weighted by molar-refractivity contribution is -0.135. The second-order valence-electron chi connectivity index (χ2n) is 4.49. The summed E-state index contributed by atoms with van der Waals surface area (Å²) in [6, 6.07) is 4.07. The van der Waals surface area contributed by atoms with E-state index < -0.39 is 17.2 Å². The number of likely N-dealkylation sites (N-methyl/N-ethyl adjacent to an activating group) is 1. The number of anilines is 1. The lowest BCUT2D eigenvalue weighted by Crippen LogP contribution is -2.40. The average molecular weight is 247 g/mol. The van der Waals surface area contributed by atoms with Gasteiger partial charge in [0.05, 0.1) is 5.57 Å². The molecule has 1 atom stereocenters. The minimum absolute atomic E-state index is 0.0729. The van der Waals surface area contributed by atoms with Gasteiger partial charge in [0.25, 0.3) is 0 Å². The van der Waals surface area contributed by atoms with E-state index in [9.17, 15) is 14.0 Å². The summed E-state index contributed by atoms with van der Waals surface area (Å²) in [7, 11) is 1.59. The summed E-state index contributed by atoms with van der Waals surface area (Å²) in [6.07, 6.45) is 0. The summed E-state index contributed by atoms with van der Waals surface area (Å²) >= 11 is 0. The van der Waals surface area contributed by atoms with Crippen molar-refractivity contribution in [2.75, 3.05) is 18.6 Å². The molecular weight excluding hydrogens is 237 g/mol. The quantitative estimate of drug-likeness (QED) is 0.510. The number of esters is 1. The van der Waals surface area contributed by atoms with Crippen LogP contribution in [0.1, 0.15) is 5.56 Å². The molecule has 0 unspecified atom stereocenters. The Labute approximate surface area is 103 Å². The summed E-state index contributed by atoms with van der Waals surface area (Å²) in [5.41, 5.74) is -0.140. The maximum Gasteiger partial charge on any atom is 0.335 e. The molecule has 0 saturated carbocycles. The first kappa shape index (κ1) is 11.0. The summed E-state index contributed by atoms with van der Waals surface area (Å²) in [6.45, 7) is 3.53. The molecule has 2 aliphatic rings. The van der Waals surface area contributed by atoms with Gasteiger partial charge >= 0.3 is 5.97 Å². The first-order chi connectivity index (χ1) is 8.48. The number of benzene rings is 1. The molecule has 5 heteroatoms. The maximum absolute atomic E-state index is 13.4. The van der Waals surface area contributed by atoms with Crippen LogP contribution in [0.3, 0.4) is 0 Å². The van der Waals surface area contributed by atoms with Gasteiger partial charge in [0.2, 0.25) is 5.91 Å². The molecule has 18 heavy (non-hydrogen) atoms. The number of carbonyl (C=O) groups excluding carboxylic acids is 2. The number of nitrogens with zero attached hydrogens (tertiary/aromatic N) is 1. The molecule has 1 aromatic carbocycles. The minimum Gasteiger partial charge on any atom is -0.460 e. The third-order valence-electron chi connectivity index (χ3n) is 3.63. The zero-order chi connectivity index (χ0) is 13.1. The molecular formula is C13H10FNO3. The maximum atomic E-state index is 13.4. The number of rotatable bonds is 0. The van der Waals surface area contributed by atoms with Crippen molar-refractivity contribution in [3.05, 3.63) is 41.7 Å². The van der Waals surface area contributed by atoms with Crippen molar-refractivity contribution in [3.8, 4) is 0 Å². The Morgan fingerprint density at radius 1 is 1.44 bits per heavy atom. The Hall–Kier alpha value is -2.17. The third kappa shape index (κ3) is 1.04. The molecule has 1 fully saturated rings. The van der Waals surface area contributed by atoms with Crippen molar-refractivity contribution in [2.24, 2.45) is 0 Å². The van der Waals surface area contributed by atoms with Crippen molar-refractivity contribution in [3.63, 3.8) is 0 Å². The minimum atomic E-state index is -1.25. The number of fused-ring (bicyclic) bond motifs is 2. The third-order valence-corrected chi connectivity index (χ3v) is 3.63. The highest BCUT2D eigenvalue weighted by molar-refractivity contribution is 6.16. The van der Waals surface area contributed by atoms with E-state index in [0.717, 1.165) is 0 Å². The number of hydrogen-bond acceptors (Lipinski definition) is 3. The lowest BCUT2D eigenvalue weighted by atomic mass is 9.78. The molecule has 4 nitrogen and oxygen atoms in total. The normalized spacial score (nSPS) is 25.9. The number of halogens is 1. The Bertz CT molecular complexity index is 610. The van der Waals surface area contributed by atoms with E-state index in [1.807, 2.05) is 0 Å². The summed E-state index contributed by atoms with van der Waals surface area (Å²) in [4.78, 5) is 25.3.